The van der Waals surface area contributed by atoms with Gasteiger partial charge in [-0.2, -0.15) is 0 Å². The summed E-state index contributed by atoms with van der Waals surface area (Å²) in [6, 6.07) is 13.4. The smallest absolute Gasteiger partial charge is 0.264 e. The topological polar surface area (TPSA) is 41.5 Å². The van der Waals surface area contributed by atoms with Crippen LogP contribution in [0.2, 0.25) is 5.02 Å². The lowest BCUT2D eigenvalue weighted by Gasteiger charge is -2.02. The zero-order valence-corrected chi connectivity index (χ0v) is 14.3. The van der Waals surface area contributed by atoms with E-state index in [0.717, 1.165) is 22.4 Å². The van der Waals surface area contributed by atoms with E-state index < -0.39 is 0 Å². The van der Waals surface area contributed by atoms with Crippen molar-refractivity contribution in [1.82, 2.24) is 5.32 Å². The van der Waals surface area contributed by atoms with Gasteiger partial charge in [0.05, 0.1) is 10.6 Å². The highest BCUT2D eigenvalue weighted by Gasteiger charge is 2.23. The maximum absolute atomic E-state index is 12.1. The Morgan fingerprint density at radius 1 is 1.13 bits per heavy atom. The fourth-order valence-corrected chi connectivity index (χ4v) is 3.10. The second-order valence-corrected chi connectivity index (χ2v) is 6.79. The molecule has 0 aliphatic carbocycles. The lowest BCUT2D eigenvalue weighted by molar-refractivity contribution is -0.115. The summed E-state index contributed by atoms with van der Waals surface area (Å²) in [5.41, 5.74) is 4.02. The second kappa shape index (κ2) is 6.60. The van der Waals surface area contributed by atoms with Gasteiger partial charge in [0.15, 0.2) is 5.17 Å². The molecule has 0 unspecified atom stereocenters. The molecule has 23 heavy (non-hydrogen) atoms. The summed E-state index contributed by atoms with van der Waals surface area (Å²) >= 11 is 7.22. The van der Waals surface area contributed by atoms with Gasteiger partial charge < -0.3 is 5.32 Å². The van der Waals surface area contributed by atoms with Crippen molar-refractivity contribution in [1.29, 1.82) is 0 Å². The molecule has 1 saturated heterocycles. The normalized spacial score (nSPS) is 17.8. The van der Waals surface area contributed by atoms with E-state index in [1.54, 1.807) is 12.1 Å². The number of aliphatic imine (C=N–C) groups is 1. The van der Waals surface area contributed by atoms with Crippen molar-refractivity contribution >= 4 is 46.2 Å². The number of carbonyl (C=O) groups is 1. The van der Waals surface area contributed by atoms with E-state index in [2.05, 4.69) is 10.3 Å². The predicted octanol–water partition coefficient (Wildman–Crippen LogP) is 4.85. The van der Waals surface area contributed by atoms with E-state index in [1.807, 2.05) is 50.3 Å². The number of benzene rings is 2. The number of hydrogen-bond donors (Lipinski definition) is 1. The molecule has 1 amide bonds. The molecule has 5 heteroatoms. The number of thioether (sulfide) groups is 1. The molecule has 0 saturated carbocycles. The van der Waals surface area contributed by atoms with Gasteiger partial charge in [0.2, 0.25) is 0 Å². The van der Waals surface area contributed by atoms with Crippen molar-refractivity contribution in [3.8, 4) is 0 Å². The lowest BCUT2D eigenvalue weighted by Crippen LogP contribution is -2.19. The van der Waals surface area contributed by atoms with Gasteiger partial charge in [-0.3, -0.25) is 4.79 Å². The molecular formula is C18H15ClN2OS. The van der Waals surface area contributed by atoms with Crippen molar-refractivity contribution in [2.75, 3.05) is 0 Å². The first-order chi connectivity index (χ1) is 11.0. The van der Waals surface area contributed by atoms with Crippen LogP contribution in [0.25, 0.3) is 6.08 Å². The van der Waals surface area contributed by atoms with Crippen molar-refractivity contribution in [2.24, 2.45) is 4.99 Å². The molecule has 1 fully saturated rings. The third kappa shape index (κ3) is 3.84. The molecule has 1 N–H and O–H groups in total. The molecule has 116 valence electrons. The summed E-state index contributed by atoms with van der Waals surface area (Å²) in [6.07, 6.45) is 1.84. The van der Waals surface area contributed by atoms with Crippen LogP contribution in [0.3, 0.4) is 0 Å². The fraction of sp³-hybridized carbons (Fsp3) is 0.111. The molecule has 0 bridgehead atoms. The minimum atomic E-state index is -0.131. The summed E-state index contributed by atoms with van der Waals surface area (Å²) < 4.78 is 0. The first kappa shape index (κ1) is 15.8. The average molecular weight is 343 g/mol. The molecule has 1 aliphatic heterocycles. The molecular weight excluding hydrogens is 328 g/mol. The maximum Gasteiger partial charge on any atom is 0.264 e. The van der Waals surface area contributed by atoms with E-state index in [1.165, 1.54) is 11.8 Å². The Morgan fingerprint density at radius 3 is 2.61 bits per heavy atom. The minimum Gasteiger partial charge on any atom is -0.300 e. The lowest BCUT2D eigenvalue weighted by atomic mass is 10.1. The third-order valence-electron chi connectivity index (χ3n) is 3.41. The van der Waals surface area contributed by atoms with Gasteiger partial charge in [0.25, 0.3) is 5.91 Å². The number of hydrogen-bond acceptors (Lipinski definition) is 3. The van der Waals surface area contributed by atoms with Gasteiger partial charge in [-0.1, -0.05) is 35.9 Å². The number of amidine groups is 1. The average Bonchev–Trinajstić information content (AvgIpc) is 2.85. The number of aryl methyl sites for hydroxylation is 2. The molecule has 0 spiro atoms. The Balaban J connectivity index is 1.86. The van der Waals surface area contributed by atoms with Crippen LogP contribution in [0.15, 0.2) is 52.4 Å². The van der Waals surface area contributed by atoms with Gasteiger partial charge in [0, 0.05) is 5.02 Å². The fourth-order valence-electron chi connectivity index (χ4n) is 2.14. The van der Waals surface area contributed by atoms with Crippen LogP contribution in [0, 0.1) is 13.8 Å². The van der Waals surface area contributed by atoms with Crippen LogP contribution in [0.4, 0.5) is 5.69 Å². The Labute approximate surface area is 144 Å². The first-order valence-electron chi connectivity index (χ1n) is 7.14. The molecule has 3 nitrogen and oxygen atoms in total. The van der Waals surface area contributed by atoms with Gasteiger partial charge in [0.1, 0.15) is 0 Å². The number of halogens is 1. The summed E-state index contributed by atoms with van der Waals surface area (Å²) in [6.45, 7) is 4.03. The summed E-state index contributed by atoms with van der Waals surface area (Å²) in [5, 5.41) is 4.09. The quantitative estimate of drug-likeness (QED) is 0.793. The minimum absolute atomic E-state index is 0.131. The van der Waals surface area contributed by atoms with Gasteiger partial charge in [-0.15, -0.1) is 0 Å². The Hall–Kier alpha value is -2.04. The molecule has 2 aromatic rings. The van der Waals surface area contributed by atoms with Crippen molar-refractivity contribution in [3.05, 3.63) is 69.1 Å². The molecule has 1 heterocycles. The highest BCUT2D eigenvalue weighted by atomic mass is 35.5. The Morgan fingerprint density at radius 2 is 1.87 bits per heavy atom. The number of carbonyl (C=O) groups excluding carboxylic acids is 1. The second-order valence-electron chi connectivity index (χ2n) is 5.32. The van der Waals surface area contributed by atoms with Gasteiger partial charge in [-0.05, 0) is 66.6 Å². The van der Waals surface area contributed by atoms with E-state index >= 15 is 0 Å². The SMILES string of the molecule is Cc1ccc(C)c(N=C2NC(=O)C(=Cc3ccc(Cl)cc3)S2)c1. The Bertz CT molecular complexity index is 825. The van der Waals surface area contributed by atoms with Gasteiger partial charge in [-0.25, -0.2) is 4.99 Å². The van der Waals surface area contributed by atoms with Crippen LogP contribution in [0.5, 0.6) is 0 Å². The molecule has 3 rings (SSSR count). The van der Waals surface area contributed by atoms with E-state index in [-0.39, 0.29) is 5.91 Å². The van der Waals surface area contributed by atoms with Crippen molar-refractivity contribution in [2.45, 2.75) is 13.8 Å². The van der Waals surface area contributed by atoms with Crippen LogP contribution in [0.1, 0.15) is 16.7 Å². The maximum atomic E-state index is 12.1. The zero-order valence-electron chi connectivity index (χ0n) is 12.8. The van der Waals surface area contributed by atoms with Crippen LogP contribution in [-0.2, 0) is 4.79 Å². The predicted molar refractivity (Wildman–Crippen MR) is 98.2 cm³/mol. The highest BCUT2D eigenvalue weighted by molar-refractivity contribution is 8.18. The van der Waals surface area contributed by atoms with Gasteiger partial charge >= 0.3 is 0 Å². The summed E-state index contributed by atoms with van der Waals surface area (Å²) in [4.78, 5) is 17.3. The summed E-state index contributed by atoms with van der Waals surface area (Å²) in [7, 11) is 0. The number of amides is 1. The molecule has 1 aliphatic rings. The number of nitrogens with zero attached hydrogens (tertiary/aromatic N) is 1. The third-order valence-corrected chi connectivity index (χ3v) is 4.57. The summed E-state index contributed by atoms with van der Waals surface area (Å²) in [5.74, 6) is -0.131. The molecule has 0 atom stereocenters. The monoisotopic (exact) mass is 342 g/mol. The number of nitrogens with one attached hydrogen (secondary N) is 1. The molecule has 2 aromatic carbocycles. The standard InChI is InChI=1S/C18H15ClN2OS/c1-11-3-4-12(2)15(9-11)20-18-21-17(22)16(23-18)10-13-5-7-14(19)8-6-13/h3-10H,1-2H3,(H,20,21,22). The van der Waals surface area contributed by atoms with Crippen molar-refractivity contribution < 1.29 is 4.79 Å². The Kier molecular flexibility index (Phi) is 4.55. The molecule has 0 radical (unpaired) electrons. The largest absolute Gasteiger partial charge is 0.300 e. The zero-order chi connectivity index (χ0) is 16.4. The van der Waals surface area contributed by atoms with Crippen LogP contribution in [-0.4, -0.2) is 11.1 Å². The molecule has 0 aromatic heterocycles. The van der Waals surface area contributed by atoms with E-state index in [9.17, 15) is 4.79 Å². The van der Waals surface area contributed by atoms with E-state index in [4.69, 9.17) is 11.6 Å². The van der Waals surface area contributed by atoms with Crippen LogP contribution < -0.4 is 5.32 Å². The van der Waals surface area contributed by atoms with Crippen molar-refractivity contribution in [3.63, 3.8) is 0 Å². The van der Waals surface area contributed by atoms with Crippen LogP contribution >= 0.6 is 23.4 Å². The highest BCUT2D eigenvalue weighted by Crippen LogP contribution is 2.29. The first-order valence-corrected chi connectivity index (χ1v) is 8.33. The van der Waals surface area contributed by atoms with E-state index in [0.29, 0.717) is 15.1 Å². The number of rotatable bonds is 2.